The monoisotopic (exact) mass is 468 g/mol. The number of ether oxygens (including phenoxy) is 1. The summed E-state index contributed by atoms with van der Waals surface area (Å²) in [6.07, 6.45) is 1.57. The van der Waals surface area contributed by atoms with E-state index in [-0.39, 0.29) is 22.3 Å². The van der Waals surface area contributed by atoms with Crippen molar-refractivity contribution in [3.8, 4) is 27.3 Å². The molecular weight excluding hydrogens is 451 g/mol. The fourth-order valence-electron chi connectivity index (χ4n) is 2.83. The molecule has 158 valence electrons. The number of benzene rings is 2. The molecule has 1 heterocycles. The third kappa shape index (κ3) is 5.59. The van der Waals surface area contributed by atoms with Crippen LogP contribution < -0.4 is 4.74 Å². The number of rotatable bonds is 8. The molecule has 0 aliphatic heterocycles. The standard InChI is InChI=1S/C21H18ClFO5S2/c1-30(26,27)10-2-9-28-15-6-3-13(4-7-15)17-12-19(21(24)25)29-20(17)16-8-5-14(23)11-18(16)22/h3-8,11-12H,2,9-10H2,1H3,(H,24,25). The van der Waals surface area contributed by atoms with Gasteiger partial charge in [-0.3, -0.25) is 0 Å². The van der Waals surface area contributed by atoms with Crippen LogP contribution in [-0.2, 0) is 9.84 Å². The summed E-state index contributed by atoms with van der Waals surface area (Å²) in [6.45, 7) is 0.268. The van der Waals surface area contributed by atoms with Gasteiger partial charge in [0.25, 0.3) is 0 Å². The number of carboxylic acids is 1. The highest BCUT2D eigenvalue weighted by molar-refractivity contribution is 7.90. The van der Waals surface area contributed by atoms with Gasteiger partial charge >= 0.3 is 5.97 Å². The Morgan fingerprint density at radius 2 is 1.83 bits per heavy atom. The summed E-state index contributed by atoms with van der Waals surface area (Å²) in [4.78, 5) is 12.3. The van der Waals surface area contributed by atoms with Crippen LogP contribution in [0.25, 0.3) is 21.6 Å². The van der Waals surface area contributed by atoms with Crippen molar-refractivity contribution in [2.75, 3.05) is 18.6 Å². The molecule has 0 atom stereocenters. The van der Waals surface area contributed by atoms with Crippen LogP contribution in [0.3, 0.4) is 0 Å². The van der Waals surface area contributed by atoms with Crippen LogP contribution in [0, 0.1) is 5.82 Å². The molecule has 3 rings (SSSR count). The average Bonchev–Trinajstić information content (AvgIpc) is 3.10. The van der Waals surface area contributed by atoms with Gasteiger partial charge in [0, 0.05) is 22.3 Å². The Bertz CT molecular complexity index is 1170. The lowest BCUT2D eigenvalue weighted by Crippen LogP contribution is -2.07. The predicted molar refractivity (Wildman–Crippen MR) is 117 cm³/mol. The van der Waals surface area contributed by atoms with Crippen molar-refractivity contribution >= 4 is 38.7 Å². The fraction of sp³-hybridized carbons (Fsp3) is 0.190. The van der Waals surface area contributed by atoms with Crippen molar-refractivity contribution in [1.29, 1.82) is 0 Å². The van der Waals surface area contributed by atoms with E-state index in [1.807, 2.05) is 0 Å². The number of sulfone groups is 1. The van der Waals surface area contributed by atoms with Crippen molar-refractivity contribution in [2.24, 2.45) is 0 Å². The minimum Gasteiger partial charge on any atom is -0.494 e. The number of aromatic carboxylic acids is 1. The molecule has 0 amide bonds. The number of carboxylic acid groups (broad SMARTS) is 1. The molecule has 30 heavy (non-hydrogen) atoms. The maximum absolute atomic E-state index is 13.4. The molecule has 0 fully saturated rings. The van der Waals surface area contributed by atoms with Crippen molar-refractivity contribution in [3.05, 3.63) is 64.2 Å². The van der Waals surface area contributed by atoms with Crippen LogP contribution in [-0.4, -0.2) is 38.1 Å². The molecule has 0 aliphatic rings. The van der Waals surface area contributed by atoms with Crippen molar-refractivity contribution in [2.45, 2.75) is 6.42 Å². The maximum Gasteiger partial charge on any atom is 0.345 e. The number of thiophene rings is 1. The molecule has 0 spiro atoms. The van der Waals surface area contributed by atoms with Crippen molar-refractivity contribution < 1.29 is 27.4 Å². The van der Waals surface area contributed by atoms with Gasteiger partial charge in [-0.2, -0.15) is 0 Å². The zero-order valence-corrected chi connectivity index (χ0v) is 18.3. The zero-order valence-electron chi connectivity index (χ0n) is 15.9. The molecule has 5 nitrogen and oxygen atoms in total. The Morgan fingerprint density at radius 3 is 2.43 bits per heavy atom. The zero-order chi connectivity index (χ0) is 21.9. The van der Waals surface area contributed by atoms with Crippen LogP contribution >= 0.6 is 22.9 Å². The van der Waals surface area contributed by atoms with Crippen LogP contribution in [0.4, 0.5) is 4.39 Å². The summed E-state index contributed by atoms with van der Waals surface area (Å²) in [5, 5.41) is 9.60. The predicted octanol–water partition coefficient (Wildman–Crippen LogP) is 5.39. The first-order chi connectivity index (χ1) is 14.1. The van der Waals surface area contributed by atoms with Crippen LogP contribution in [0.2, 0.25) is 5.02 Å². The highest BCUT2D eigenvalue weighted by Crippen LogP contribution is 2.42. The lowest BCUT2D eigenvalue weighted by molar-refractivity contribution is 0.0702. The van der Waals surface area contributed by atoms with Gasteiger partial charge in [-0.25, -0.2) is 17.6 Å². The van der Waals surface area contributed by atoms with E-state index < -0.39 is 21.6 Å². The summed E-state index contributed by atoms with van der Waals surface area (Å²) in [6, 6.07) is 12.6. The summed E-state index contributed by atoms with van der Waals surface area (Å²) in [5.74, 6) is -0.906. The summed E-state index contributed by atoms with van der Waals surface area (Å²) in [7, 11) is -3.02. The Hall–Kier alpha value is -2.42. The normalized spacial score (nSPS) is 11.4. The van der Waals surface area contributed by atoms with E-state index in [1.54, 1.807) is 30.3 Å². The number of hydrogen-bond acceptors (Lipinski definition) is 5. The molecule has 9 heteroatoms. The second-order valence-electron chi connectivity index (χ2n) is 6.64. The quantitative estimate of drug-likeness (QED) is 0.448. The molecule has 3 aromatic rings. The largest absolute Gasteiger partial charge is 0.494 e. The number of hydrogen-bond donors (Lipinski definition) is 1. The second kappa shape index (κ2) is 9.16. The minimum absolute atomic E-state index is 0.0553. The molecule has 0 radical (unpaired) electrons. The molecule has 0 saturated carbocycles. The van der Waals surface area contributed by atoms with Gasteiger partial charge in [0.05, 0.1) is 17.4 Å². The number of halogens is 2. The molecule has 0 unspecified atom stereocenters. The van der Waals surface area contributed by atoms with E-state index in [0.29, 0.717) is 28.2 Å². The minimum atomic E-state index is -3.02. The maximum atomic E-state index is 13.4. The third-order valence-corrected chi connectivity index (χ3v) is 6.71. The van der Waals surface area contributed by atoms with E-state index in [0.717, 1.165) is 16.9 Å². The molecule has 2 aromatic carbocycles. The first-order valence-corrected chi connectivity index (χ1v) is 12.1. The van der Waals surface area contributed by atoms with Gasteiger partial charge in [0.1, 0.15) is 26.3 Å². The lowest BCUT2D eigenvalue weighted by Gasteiger charge is -2.09. The van der Waals surface area contributed by atoms with Crippen LogP contribution in [0.5, 0.6) is 5.75 Å². The Morgan fingerprint density at radius 1 is 1.13 bits per heavy atom. The highest BCUT2D eigenvalue weighted by Gasteiger charge is 2.19. The molecule has 0 bridgehead atoms. The average molecular weight is 469 g/mol. The van der Waals surface area contributed by atoms with E-state index in [1.165, 1.54) is 24.5 Å². The van der Waals surface area contributed by atoms with Crippen LogP contribution in [0.1, 0.15) is 16.1 Å². The molecule has 0 saturated heterocycles. The lowest BCUT2D eigenvalue weighted by atomic mass is 10.0. The summed E-state index contributed by atoms with van der Waals surface area (Å²) >= 11 is 7.26. The van der Waals surface area contributed by atoms with Gasteiger partial charge in [-0.05, 0) is 48.4 Å². The highest BCUT2D eigenvalue weighted by atomic mass is 35.5. The topological polar surface area (TPSA) is 80.7 Å². The Kier molecular flexibility index (Phi) is 6.80. The SMILES string of the molecule is CS(=O)(=O)CCCOc1ccc(-c2cc(C(=O)O)sc2-c2ccc(F)cc2Cl)cc1. The summed E-state index contributed by atoms with van der Waals surface area (Å²) in [5.41, 5.74) is 1.96. The van der Waals surface area contributed by atoms with E-state index >= 15 is 0 Å². The second-order valence-corrected chi connectivity index (χ2v) is 10.4. The Labute approximate surface area is 182 Å². The van der Waals surface area contributed by atoms with E-state index in [9.17, 15) is 22.7 Å². The van der Waals surface area contributed by atoms with Gasteiger partial charge in [-0.15, -0.1) is 11.3 Å². The fourth-order valence-corrected chi connectivity index (χ4v) is 4.85. The van der Waals surface area contributed by atoms with Crippen LogP contribution in [0.15, 0.2) is 48.5 Å². The molecular formula is C21H18ClFO5S2. The van der Waals surface area contributed by atoms with Crippen molar-refractivity contribution in [3.63, 3.8) is 0 Å². The molecule has 1 N–H and O–H groups in total. The third-order valence-electron chi connectivity index (χ3n) is 4.21. The summed E-state index contributed by atoms with van der Waals surface area (Å²) < 4.78 is 41.3. The van der Waals surface area contributed by atoms with Gasteiger partial charge in [0.2, 0.25) is 0 Å². The van der Waals surface area contributed by atoms with E-state index in [2.05, 4.69) is 0 Å². The Balaban J connectivity index is 1.87. The number of carbonyl (C=O) groups is 1. The van der Waals surface area contributed by atoms with Gasteiger partial charge in [0.15, 0.2) is 0 Å². The molecule has 0 aliphatic carbocycles. The van der Waals surface area contributed by atoms with Crippen molar-refractivity contribution in [1.82, 2.24) is 0 Å². The molecule has 1 aromatic heterocycles. The first-order valence-electron chi connectivity index (χ1n) is 8.87. The van der Waals surface area contributed by atoms with Gasteiger partial charge in [-0.1, -0.05) is 23.7 Å². The first kappa shape index (κ1) is 22.3. The smallest absolute Gasteiger partial charge is 0.345 e. The van der Waals surface area contributed by atoms with E-state index in [4.69, 9.17) is 16.3 Å². The van der Waals surface area contributed by atoms with Gasteiger partial charge < -0.3 is 9.84 Å².